The van der Waals surface area contributed by atoms with Crippen LogP contribution in [0, 0.1) is 12.7 Å². The first kappa shape index (κ1) is 14.7. The molecule has 1 saturated heterocycles. The maximum Gasteiger partial charge on any atom is 0.257 e. The number of carbonyl (C=O) groups excluding carboxylic acids is 1. The molecule has 2 heterocycles. The summed E-state index contributed by atoms with van der Waals surface area (Å²) in [5.41, 5.74) is 7.37. The van der Waals surface area contributed by atoms with Gasteiger partial charge in [-0.2, -0.15) is 5.10 Å². The van der Waals surface area contributed by atoms with Crippen molar-refractivity contribution in [3.8, 4) is 5.69 Å². The van der Waals surface area contributed by atoms with Crippen molar-refractivity contribution in [1.29, 1.82) is 0 Å². The summed E-state index contributed by atoms with van der Waals surface area (Å²) >= 11 is 0. The number of carbonyl (C=O) groups is 1. The number of likely N-dealkylation sites (tertiary alicyclic amines) is 1. The third-order valence-corrected chi connectivity index (χ3v) is 4.15. The van der Waals surface area contributed by atoms with Gasteiger partial charge < -0.3 is 10.6 Å². The SMILES string of the molecule is Cc1c(C(=O)N2CCC(N)CC2)cnn1-c1ccccc1F. The highest BCUT2D eigenvalue weighted by Gasteiger charge is 2.25. The number of para-hydroxylation sites is 1. The first-order valence-corrected chi connectivity index (χ1v) is 7.42. The molecule has 0 aliphatic carbocycles. The second-order valence-electron chi connectivity index (χ2n) is 5.64. The minimum absolute atomic E-state index is 0.0630. The quantitative estimate of drug-likeness (QED) is 0.921. The highest BCUT2D eigenvalue weighted by molar-refractivity contribution is 5.95. The minimum atomic E-state index is -0.364. The fourth-order valence-electron chi connectivity index (χ4n) is 2.76. The van der Waals surface area contributed by atoms with Crippen molar-refractivity contribution < 1.29 is 9.18 Å². The largest absolute Gasteiger partial charge is 0.338 e. The van der Waals surface area contributed by atoms with Gasteiger partial charge in [-0.3, -0.25) is 4.79 Å². The van der Waals surface area contributed by atoms with Crippen LogP contribution in [0.5, 0.6) is 0 Å². The number of aromatic nitrogens is 2. The van der Waals surface area contributed by atoms with Crippen LogP contribution in [-0.4, -0.2) is 39.7 Å². The maximum absolute atomic E-state index is 13.9. The fraction of sp³-hybridized carbons (Fsp3) is 0.375. The molecule has 5 nitrogen and oxygen atoms in total. The van der Waals surface area contributed by atoms with Gasteiger partial charge in [0.05, 0.1) is 17.5 Å². The van der Waals surface area contributed by atoms with E-state index >= 15 is 0 Å². The molecule has 0 bridgehead atoms. The molecule has 1 fully saturated rings. The number of nitrogens with two attached hydrogens (primary N) is 1. The standard InChI is InChI=1S/C16H19FN4O/c1-11-13(16(22)20-8-6-12(18)7-9-20)10-19-21(11)15-5-3-2-4-14(15)17/h2-5,10,12H,6-9,18H2,1H3. The van der Waals surface area contributed by atoms with Gasteiger partial charge in [-0.05, 0) is 31.9 Å². The van der Waals surface area contributed by atoms with Crippen LogP contribution >= 0.6 is 0 Å². The zero-order valence-electron chi connectivity index (χ0n) is 12.5. The molecule has 22 heavy (non-hydrogen) atoms. The topological polar surface area (TPSA) is 64.2 Å². The molecule has 0 saturated carbocycles. The first-order chi connectivity index (χ1) is 10.6. The average Bonchev–Trinajstić information content (AvgIpc) is 2.89. The van der Waals surface area contributed by atoms with Gasteiger partial charge in [0.25, 0.3) is 5.91 Å². The molecule has 1 aliphatic rings. The molecule has 0 unspecified atom stereocenters. The second kappa shape index (κ2) is 5.88. The maximum atomic E-state index is 13.9. The lowest BCUT2D eigenvalue weighted by Gasteiger charge is -2.30. The summed E-state index contributed by atoms with van der Waals surface area (Å²) in [5, 5.41) is 4.18. The van der Waals surface area contributed by atoms with Crippen molar-refractivity contribution >= 4 is 5.91 Å². The zero-order chi connectivity index (χ0) is 15.7. The van der Waals surface area contributed by atoms with Gasteiger partial charge in [0.15, 0.2) is 0 Å². The Morgan fingerprint density at radius 2 is 2.00 bits per heavy atom. The zero-order valence-corrected chi connectivity index (χ0v) is 12.5. The van der Waals surface area contributed by atoms with Crippen molar-refractivity contribution in [2.45, 2.75) is 25.8 Å². The third-order valence-electron chi connectivity index (χ3n) is 4.15. The molecule has 1 aromatic carbocycles. The Morgan fingerprint density at radius 3 is 2.68 bits per heavy atom. The van der Waals surface area contributed by atoms with Crippen LogP contribution < -0.4 is 5.73 Å². The Morgan fingerprint density at radius 1 is 1.32 bits per heavy atom. The van der Waals surface area contributed by atoms with Crippen molar-refractivity contribution in [3.63, 3.8) is 0 Å². The number of benzene rings is 1. The minimum Gasteiger partial charge on any atom is -0.338 e. The van der Waals surface area contributed by atoms with Gasteiger partial charge >= 0.3 is 0 Å². The molecular formula is C16H19FN4O. The van der Waals surface area contributed by atoms with E-state index in [4.69, 9.17) is 5.73 Å². The molecule has 0 spiro atoms. The van der Waals surface area contributed by atoms with Crippen molar-refractivity contribution in [3.05, 3.63) is 47.5 Å². The van der Waals surface area contributed by atoms with E-state index in [1.54, 1.807) is 30.0 Å². The Balaban J connectivity index is 1.88. The summed E-state index contributed by atoms with van der Waals surface area (Å²) < 4.78 is 15.4. The van der Waals surface area contributed by atoms with E-state index in [0.29, 0.717) is 30.0 Å². The van der Waals surface area contributed by atoms with Gasteiger partial charge in [0.2, 0.25) is 0 Å². The molecule has 2 aromatic rings. The van der Waals surface area contributed by atoms with Gasteiger partial charge in [-0.15, -0.1) is 0 Å². The summed E-state index contributed by atoms with van der Waals surface area (Å²) in [7, 11) is 0. The molecule has 2 N–H and O–H groups in total. The number of amides is 1. The molecule has 1 aromatic heterocycles. The molecule has 6 heteroatoms. The molecule has 3 rings (SSSR count). The van der Waals surface area contributed by atoms with Gasteiger partial charge in [0, 0.05) is 19.1 Å². The molecule has 0 radical (unpaired) electrons. The number of hydrogen-bond donors (Lipinski definition) is 1. The third kappa shape index (κ3) is 2.62. The summed E-state index contributed by atoms with van der Waals surface area (Å²) in [6.45, 7) is 3.09. The predicted molar refractivity (Wildman–Crippen MR) is 81.4 cm³/mol. The number of piperidine rings is 1. The average molecular weight is 302 g/mol. The van der Waals surface area contributed by atoms with Crippen LogP contribution in [0.15, 0.2) is 30.5 Å². The molecule has 116 valence electrons. The summed E-state index contributed by atoms with van der Waals surface area (Å²) in [5.74, 6) is -0.427. The van der Waals surface area contributed by atoms with Gasteiger partial charge in [0.1, 0.15) is 11.5 Å². The smallest absolute Gasteiger partial charge is 0.257 e. The molecular weight excluding hydrogens is 283 g/mol. The van der Waals surface area contributed by atoms with E-state index < -0.39 is 0 Å². The van der Waals surface area contributed by atoms with E-state index in [2.05, 4.69) is 5.10 Å². The highest BCUT2D eigenvalue weighted by Crippen LogP contribution is 2.19. The fourth-order valence-corrected chi connectivity index (χ4v) is 2.76. The molecule has 0 atom stereocenters. The van der Waals surface area contributed by atoms with E-state index in [1.807, 2.05) is 0 Å². The lowest BCUT2D eigenvalue weighted by atomic mass is 10.1. The van der Waals surface area contributed by atoms with Crippen LogP contribution in [-0.2, 0) is 0 Å². The Bertz CT molecular complexity index is 689. The second-order valence-corrected chi connectivity index (χ2v) is 5.64. The lowest BCUT2D eigenvalue weighted by molar-refractivity contribution is 0.0714. The van der Waals surface area contributed by atoms with E-state index in [0.717, 1.165) is 12.8 Å². The Hall–Kier alpha value is -2.21. The highest BCUT2D eigenvalue weighted by atomic mass is 19.1. The monoisotopic (exact) mass is 302 g/mol. The van der Waals surface area contributed by atoms with Crippen molar-refractivity contribution in [2.24, 2.45) is 5.73 Å². The Labute approximate surface area is 128 Å². The van der Waals surface area contributed by atoms with Crippen LogP contribution in [0.2, 0.25) is 0 Å². The number of halogens is 1. The summed E-state index contributed by atoms with van der Waals surface area (Å²) in [6, 6.07) is 6.56. The first-order valence-electron chi connectivity index (χ1n) is 7.42. The molecule has 1 aliphatic heterocycles. The normalized spacial score (nSPS) is 16.0. The van der Waals surface area contributed by atoms with E-state index in [-0.39, 0.29) is 17.8 Å². The van der Waals surface area contributed by atoms with E-state index in [1.165, 1.54) is 16.9 Å². The van der Waals surface area contributed by atoms with Crippen molar-refractivity contribution in [1.82, 2.24) is 14.7 Å². The van der Waals surface area contributed by atoms with Crippen molar-refractivity contribution in [2.75, 3.05) is 13.1 Å². The summed E-state index contributed by atoms with van der Waals surface area (Å²) in [6.07, 6.45) is 3.14. The molecule has 1 amide bonds. The van der Waals surface area contributed by atoms with Crippen LogP contribution in [0.1, 0.15) is 28.9 Å². The lowest BCUT2D eigenvalue weighted by Crippen LogP contribution is -2.42. The van der Waals surface area contributed by atoms with E-state index in [9.17, 15) is 9.18 Å². The number of hydrogen-bond acceptors (Lipinski definition) is 3. The van der Waals surface area contributed by atoms with Gasteiger partial charge in [-0.25, -0.2) is 9.07 Å². The summed E-state index contributed by atoms with van der Waals surface area (Å²) in [4.78, 5) is 14.4. The van der Waals surface area contributed by atoms with Gasteiger partial charge in [-0.1, -0.05) is 12.1 Å². The predicted octanol–water partition coefficient (Wildman–Crippen LogP) is 1.88. The number of rotatable bonds is 2. The van der Waals surface area contributed by atoms with Crippen LogP contribution in [0.25, 0.3) is 5.69 Å². The van der Waals surface area contributed by atoms with Crippen LogP contribution in [0.3, 0.4) is 0 Å². The Kier molecular flexibility index (Phi) is 3.94. The number of nitrogens with zero attached hydrogens (tertiary/aromatic N) is 3. The van der Waals surface area contributed by atoms with Crippen LogP contribution in [0.4, 0.5) is 4.39 Å².